The molecule has 2 aromatic carbocycles. The molecule has 0 unspecified atom stereocenters. The molecule has 1 N–H and O–H groups in total. The zero-order chi connectivity index (χ0) is 19.6. The Kier molecular flexibility index (Phi) is 7.95. The molecule has 0 radical (unpaired) electrons. The Hall–Kier alpha value is -2.73. The van der Waals surface area contributed by atoms with Crippen molar-refractivity contribution < 1.29 is 19.0 Å². The van der Waals surface area contributed by atoms with Crippen LogP contribution in [0.2, 0.25) is 0 Å². The van der Waals surface area contributed by atoms with Gasteiger partial charge in [0.1, 0.15) is 5.75 Å². The third-order valence-corrected chi connectivity index (χ3v) is 4.31. The van der Waals surface area contributed by atoms with E-state index in [9.17, 15) is 4.79 Å². The van der Waals surface area contributed by atoms with Crippen LogP contribution in [0, 0.1) is 0 Å². The van der Waals surface area contributed by atoms with Gasteiger partial charge in [0, 0.05) is 18.7 Å². The van der Waals surface area contributed by atoms with Crippen LogP contribution >= 0.6 is 0 Å². The summed E-state index contributed by atoms with van der Waals surface area (Å²) in [6.07, 6.45) is 0.816. The van der Waals surface area contributed by atoms with E-state index >= 15 is 0 Å². The lowest BCUT2D eigenvalue weighted by molar-refractivity contribution is -0.122. The summed E-state index contributed by atoms with van der Waals surface area (Å²) in [6, 6.07) is 13.5. The topological polar surface area (TPSA) is 60.0 Å². The Balaban J connectivity index is 1.79. The molecule has 0 atom stereocenters. The van der Waals surface area contributed by atoms with Gasteiger partial charge in [-0.3, -0.25) is 9.69 Å². The van der Waals surface area contributed by atoms with Crippen molar-refractivity contribution in [1.29, 1.82) is 0 Å². The predicted octanol–water partition coefficient (Wildman–Crippen LogP) is 2.50. The van der Waals surface area contributed by atoms with Crippen LogP contribution in [0.15, 0.2) is 42.5 Å². The van der Waals surface area contributed by atoms with Crippen molar-refractivity contribution in [2.24, 2.45) is 0 Å². The molecule has 2 rings (SSSR count). The van der Waals surface area contributed by atoms with Crippen molar-refractivity contribution in [2.75, 3.05) is 41.5 Å². The molecule has 0 aliphatic heterocycles. The van der Waals surface area contributed by atoms with Crippen molar-refractivity contribution in [1.82, 2.24) is 10.2 Å². The van der Waals surface area contributed by atoms with Crippen LogP contribution in [0.1, 0.15) is 11.1 Å². The number of carbonyl (C=O) groups excluding carboxylic acids is 1. The molecule has 0 saturated carbocycles. The molecule has 1 amide bonds. The van der Waals surface area contributed by atoms with Crippen LogP contribution < -0.4 is 19.5 Å². The minimum atomic E-state index is -0.0179. The molecule has 0 saturated heterocycles. The first-order chi connectivity index (χ1) is 13.1. The van der Waals surface area contributed by atoms with E-state index in [2.05, 4.69) is 5.32 Å². The molecule has 0 aromatic heterocycles. The fourth-order valence-electron chi connectivity index (χ4n) is 2.78. The smallest absolute Gasteiger partial charge is 0.234 e. The van der Waals surface area contributed by atoms with E-state index in [-0.39, 0.29) is 5.91 Å². The number of likely N-dealkylation sites (N-methyl/N-ethyl adjacent to an activating group) is 1. The van der Waals surface area contributed by atoms with Crippen LogP contribution in [0.4, 0.5) is 0 Å². The van der Waals surface area contributed by atoms with Gasteiger partial charge in [-0.2, -0.15) is 0 Å². The Morgan fingerprint density at radius 3 is 2.37 bits per heavy atom. The quantitative estimate of drug-likeness (QED) is 0.694. The van der Waals surface area contributed by atoms with Crippen molar-refractivity contribution in [2.45, 2.75) is 13.0 Å². The number of benzene rings is 2. The highest BCUT2D eigenvalue weighted by Crippen LogP contribution is 2.27. The van der Waals surface area contributed by atoms with Gasteiger partial charge in [0.05, 0.1) is 27.9 Å². The van der Waals surface area contributed by atoms with E-state index in [1.54, 1.807) is 21.3 Å². The Bertz CT molecular complexity index is 749. The highest BCUT2D eigenvalue weighted by atomic mass is 16.5. The van der Waals surface area contributed by atoms with E-state index < -0.39 is 0 Å². The van der Waals surface area contributed by atoms with Crippen molar-refractivity contribution in [3.05, 3.63) is 53.6 Å². The molecule has 146 valence electrons. The third kappa shape index (κ3) is 6.18. The summed E-state index contributed by atoms with van der Waals surface area (Å²) >= 11 is 0. The summed E-state index contributed by atoms with van der Waals surface area (Å²) in [4.78, 5) is 14.2. The Morgan fingerprint density at radius 2 is 1.67 bits per heavy atom. The number of nitrogens with one attached hydrogen (secondary N) is 1. The molecule has 6 nitrogen and oxygen atoms in total. The van der Waals surface area contributed by atoms with Gasteiger partial charge >= 0.3 is 0 Å². The first-order valence-corrected chi connectivity index (χ1v) is 8.85. The molecular weight excluding hydrogens is 344 g/mol. The summed E-state index contributed by atoms with van der Waals surface area (Å²) in [5, 5.41) is 2.94. The van der Waals surface area contributed by atoms with Gasteiger partial charge in [-0.05, 0) is 37.2 Å². The first kappa shape index (κ1) is 20.6. The highest BCUT2D eigenvalue weighted by molar-refractivity contribution is 5.78. The fourth-order valence-corrected chi connectivity index (χ4v) is 2.78. The summed E-state index contributed by atoms with van der Waals surface area (Å²) < 4.78 is 15.9. The molecule has 0 aliphatic carbocycles. The van der Waals surface area contributed by atoms with Crippen LogP contribution in [0.25, 0.3) is 0 Å². The van der Waals surface area contributed by atoms with E-state index in [0.29, 0.717) is 24.6 Å². The minimum Gasteiger partial charge on any atom is -0.496 e. The molecule has 0 bridgehead atoms. The van der Waals surface area contributed by atoms with Gasteiger partial charge in [0.2, 0.25) is 5.91 Å². The van der Waals surface area contributed by atoms with Crippen LogP contribution in [-0.4, -0.2) is 52.3 Å². The SMILES string of the molecule is COc1ccccc1CNC(=O)CN(C)CCc1ccc(OC)c(OC)c1. The van der Waals surface area contributed by atoms with Crippen LogP contribution in [-0.2, 0) is 17.8 Å². The molecule has 0 heterocycles. The lowest BCUT2D eigenvalue weighted by atomic mass is 10.1. The van der Waals surface area contributed by atoms with E-state index in [1.807, 2.05) is 54.4 Å². The number of hydrogen-bond acceptors (Lipinski definition) is 5. The highest BCUT2D eigenvalue weighted by Gasteiger charge is 2.09. The number of rotatable bonds is 10. The van der Waals surface area contributed by atoms with Gasteiger partial charge in [-0.1, -0.05) is 24.3 Å². The monoisotopic (exact) mass is 372 g/mol. The second-order valence-electron chi connectivity index (χ2n) is 6.27. The third-order valence-electron chi connectivity index (χ3n) is 4.31. The Morgan fingerprint density at radius 1 is 0.963 bits per heavy atom. The molecular formula is C21H28N2O4. The lowest BCUT2D eigenvalue weighted by Crippen LogP contribution is -2.35. The number of nitrogens with zero attached hydrogens (tertiary/aromatic N) is 1. The number of hydrogen-bond donors (Lipinski definition) is 1. The van der Waals surface area contributed by atoms with Crippen molar-refractivity contribution in [3.8, 4) is 17.2 Å². The minimum absolute atomic E-state index is 0.0179. The van der Waals surface area contributed by atoms with Gasteiger partial charge in [-0.25, -0.2) is 0 Å². The molecule has 27 heavy (non-hydrogen) atoms. The zero-order valence-corrected chi connectivity index (χ0v) is 16.5. The number of para-hydroxylation sites is 1. The van der Waals surface area contributed by atoms with Crippen molar-refractivity contribution in [3.63, 3.8) is 0 Å². The number of carbonyl (C=O) groups is 1. The summed E-state index contributed by atoms with van der Waals surface area (Å²) in [5.41, 5.74) is 2.09. The maximum atomic E-state index is 12.2. The van der Waals surface area contributed by atoms with Gasteiger partial charge < -0.3 is 19.5 Å². The van der Waals surface area contributed by atoms with Gasteiger partial charge in [-0.15, -0.1) is 0 Å². The van der Waals surface area contributed by atoms with Gasteiger partial charge in [0.25, 0.3) is 0 Å². The van der Waals surface area contributed by atoms with Crippen LogP contribution in [0.3, 0.4) is 0 Å². The average molecular weight is 372 g/mol. The Labute approximate surface area is 161 Å². The lowest BCUT2D eigenvalue weighted by Gasteiger charge is -2.17. The standard InChI is InChI=1S/C21H28N2O4/c1-23(12-11-16-9-10-19(26-3)20(13-16)27-4)15-21(24)22-14-17-7-5-6-8-18(17)25-2/h5-10,13H,11-12,14-15H2,1-4H3,(H,22,24). The summed E-state index contributed by atoms with van der Waals surface area (Å²) in [7, 11) is 6.81. The largest absolute Gasteiger partial charge is 0.496 e. The second-order valence-corrected chi connectivity index (χ2v) is 6.27. The second kappa shape index (κ2) is 10.4. The van der Waals surface area contributed by atoms with E-state index in [1.165, 1.54) is 0 Å². The predicted molar refractivity (Wildman–Crippen MR) is 106 cm³/mol. The number of ether oxygens (including phenoxy) is 3. The molecule has 6 heteroatoms. The fraction of sp³-hybridized carbons (Fsp3) is 0.381. The molecule has 2 aromatic rings. The van der Waals surface area contributed by atoms with E-state index in [4.69, 9.17) is 14.2 Å². The molecule has 0 aliphatic rings. The zero-order valence-electron chi connectivity index (χ0n) is 16.5. The number of amides is 1. The first-order valence-electron chi connectivity index (χ1n) is 8.85. The summed E-state index contributed by atoms with van der Waals surface area (Å²) in [6.45, 7) is 1.55. The van der Waals surface area contributed by atoms with Gasteiger partial charge in [0.15, 0.2) is 11.5 Å². The number of methoxy groups -OCH3 is 3. The summed E-state index contributed by atoms with van der Waals surface area (Å²) in [5.74, 6) is 2.19. The normalized spacial score (nSPS) is 10.6. The van der Waals surface area contributed by atoms with Crippen LogP contribution in [0.5, 0.6) is 17.2 Å². The average Bonchev–Trinajstić information content (AvgIpc) is 2.70. The van der Waals surface area contributed by atoms with E-state index in [0.717, 1.165) is 29.8 Å². The molecule has 0 spiro atoms. The maximum absolute atomic E-state index is 12.2. The molecule has 0 fully saturated rings. The maximum Gasteiger partial charge on any atom is 0.234 e. The van der Waals surface area contributed by atoms with Crippen molar-refractivity contribution >= 4 is 5.91 Å².